The lowest BCUT2D eigenvalue weighted by Gasteiger charge is -2.29. The van der Waals surface area contributed by atoms with Crippen molar-refractivity contribution in [2.24, 2.45) is 0 Å². The zero-order valence-corrected chi connectivity index (χ0v) is 17.6. The minimum atomic E-state index is 0.157. The van der Waals surface area contributed by atoms with E-state index in [-0.39, 0.29) is 5.91 Å². The van der Waals surface area contributed by atoms with Crippen molar-refractivity contribution in [1.29, 1.82) is 0 Å². The van der Waals surface area contributed by atoms with E-state index < -0.39 is 0 Å². The summed E-state index contributed by atoms with van der Waals surface area (Å²) in [6.45, 7) is 4.29. The Kier molecular flexibility index (Phi) is 5.96. The number of hydrogen-bond acceptors (Lipinski definition) is 3. The van der Waals surface area contributed by atoms with Crippen LogP contribution in [0.1, 0.15) is 47.7 Å². The normalized spacial score (nSPS) is 22.1. The zero-order valence-electron chi connectivity index (χ0n) is 16.8. The number of hydrogen-bond donors (Lipinski definition) is 0. The Hall–Kier alpha value is -1.94. The minimum absolute atomic E-state index is 0.157. The van der Waals surface area contributed by atoms with E-state index in [4.69, 9.17) is 4.74 Å². The fraction of sp³-hybridized carbons (Fsp3) is 0.458. The molecule has 3 nitrogen and oxygen atoms in total. The van der Waals surface area contributed by atoms with E-state index >= 15 is 0 Å². The highest BCUT2D eigenvalue weighted by Gasteiger charge is 2.34. The molecule has 0 unspecified atom stereocenters. The Morgan fingerprint density at radius 3 is 2.43 bits per heavy atom. The monoisotopic (exact) mass is 395 g/mol. The Labute approximate surface area is 172 Å². The number of likely N-dealkylation sites (tertiary alicyclic amines) is 1. The Bertz CT molecular complexity index is 798. The summed E-state index contributed by atoms with van der Waals surface area (Å²) in [6.07, 6.45) is 4.56. The first-order chi connectivity index (χ1) is 13.6. The molecule has 0 bridgehead atoms. The third-order valence-corrected chi connectivity index (χ3v) is 7.13. The van der Waals surface area contributed by atoms with E-state index in [0.717, 1.165) is 48.5 Å². The fourth-order valence-corrected chi connectivity index (χ4v) is 4.67. The summed E-state index contributed by atoms with van der Waals surface area (Å²) in [6, 6.07) is 17.1. The van der Waals surface area contributed by atoms with E-state index in [1.807, 2.05) is 36.0 Å². The van der Waals surface area contributed by atoms with Crippen LogP contribution in [0.4, 0.5) is 0 Å². The summed E-state index contributed by atoms with van der Waals surface area (Å²) in [4.78, 5) is 15.3. The largest absolute Gasteiger partial charge is 0.489 e. The van der Waals surface area contributed by atoms with Crippen LogP contribution < -0.4 is 4.74 Å². The van der Waals surface area contributed by atoms with Gasteiger partial charge in [-0.25, -0.2) is 0 Å². The molecule has 148 valence electrons. The Balaban J connectivity index is 1.39. The minimum Gasteiger partial charge on any atom is -0.489 e. The zero-order chi connectivity index (χ0) is 19.5. The molecule has 0 aliphatic carbocycles. The van der Waals surface area contributed by atoms with E-state index in [0.29, 0.717) is 18.2 Å². The van der Waals surface area contributed by atoms with E-state index in [1.165, 1.54) is 11.1 Å². The third-order valence-electron chi connectivity index (χ3n) is 5.92. The molecule has 2 fully saturated rings. The number of nitrogens with zero attached hydrogens (tertiary/aromatic N) is 1. The molecule has 2 aliphatic rings. The fourth-order valence-electron chi connectivity index (χ4n) is 4.11. The Morgan fingerprint density at radius 1 is 1.07 bits per heavy atom. The summed E-state index contributed by atoms with van der Waals surface area (Å²) in [5.41, 5.74) is 3.41. The second-order valence-corrected chi connectivity index (χ2v) is 9.19. The molecule has 2 aliphatic heterocycles. The first-order valence-corrected chi connectivity index (χ1v) is 11.5. The molecule has 28 heavy (non-hydrogen) atoms. The van der Waals surface area contributed by atoms with Crippen molar-refractivity contribution in [2.75, 3.05) is 11.5 Å². The van der Waals surface area contributed by atoms with E-state index in [2.05, 4.69) is 43.0 Å². The van der Waals surface area contributed by atoms with Gasteiger partial charge in [0.25, 0.3) is 5.91 Å². The maximum Gasteiger partial charge on any atom is 0.254 e. The summed E-state index contributed by atoms with van der Waals surface area (Å²) in [5.74, 6) is 3.15. The molecule has 4 heteroatoms. The standard InChI is InChI=1S/C24H29NO2S/c1-17-3-6-19(7-4-17)8-12-21-11-5-18(2)25(21)24(26)20-9-13-22(14-10-20)27-23-15-28-16-23/h3-4,6-7,9-10,13-14,18,21,23H,5,8,11-12,15-16H2,1-2H3/t18-,21-/m1/s1. The van der Waals surface area contributed by atoms with Crippen molar-refractivity contribution >= 4 is 17.7 Å². The molecule has 0 N–H and O–H groups in total. The highest BCUT2D eigenvalue weighted by molar-refractivity contribution is 8.00. The molecule has 0 spiro atoms. The molecule has 2 aromatic rings. The second kappa shape index (κ2) is 8.60. The number of aryl methyl sites for hydroxylation is 2. The van der Waals surface area contributed by atoms with Gasteiger partial charge in [0.15, 0.2) is 0 Å². The average Bonchev–Trinajstić information content (AvgIpc) is 3.04. The number of thioether (sulfide) groups is 1. The van der Waals surface area contributed by atoms with Gasteiger partial charge in [-0.05, 0) is 69.4 Å². The Morgan fingerprint density at radius 2 is 1.79 bits per heavy atom. The molecule has 2 atom stereocenters. The van der Waals surface area contributed by atoms with Gasteiger partial charge >= 0.3 is 0 Å². The lowest BCUT2D eigenvalue weighted by atomic mass is 10.0. The van der Waals surface area contributed by atoms with Crippen molar-refractivity contribution in [1.82, 2.24) is 4.90 Å². The topological polar surface area (TPSA) is 29.5 Å². The van der Waals surface area contributed by atoms with Gasteiger partial charge in [-0.2, -0.15) is 11.8 Å². The van der Waals surface area contributed by atoms with Crippen molar-refractivity contribution < 1.29 is 9.53 Å². The van der Waals surface area contributed by atoms with Crippen molar-refractivity contribution in [3.05, 3.63) is 65.2 Å². The van der Waals surface area contributed by atoms with Crippen molar-refractivity contribution in [2.45, 2.75) is 57.7 Å². The predicted octanol–water partition coefficient (Wildman–Crippen LogP) is 5.12. The third kappa shape index (κ3) is 4.38. The highest BCUT2D eigenvalue weighted by Crippen LogP contribution is 2.30. The number of carbonyl (C=O) groups excluding carboxylic acids is 1. The SMILES string of the molecule is Cc1ccc(CC[C@H]2CC[C@@H](C)N2C(=O)c2ccc(OC3CSC3)cc2)cc1. The first kappa shape index (κ1) is 19.4. The second-order valence-electron chi connectivity index (χ2n) is 8.12. The number of amides is 1. The molecule has 2 heterocycles. The molecule has 2 saturated heterocycles. The molecular formula is C24H29NO2S. The highest BCUT2D eigenvalue weighted by atomic mass is 32.2. The molecule has 0 aromatic heterocycles. The van der Waals surface area contributed by atoms with E-state index in [1.54, 1.807) is 0 Å². The summed E-state index contributed by atoms with van der Waals surface area (Å²) >= 11 is 1.91. The molecule has 1 amide bonds. The quantitative estimate of drug-likeness (QED) is 0.680. The maximum absolute atomic E-state index is 13.2. The van der Waals surface area contributed by atoms with Crippen LogP contribution in [0.25, 0.3) is 0 Å². The lowest BCUT2D eigenvalue weighted by molar-refractivity contribution is 0.0672. The smallest absolute Gasteiger partial charge is 0.254 e. The van der Waals surface area contributed by atoms with Gasteiger partial charge in [-0.3, -0.25) is 4.79 Å². The van der Waals surface area contributed by atoms with Gasteiger partial charge in [0, 0.05) is 29.2 Å². The maximum atomic E-state index is 13.2. The first-order valence-electron chi connectivity index (χ1n) is 10.3. The van der Waals surface area contributed by atoms with Crippen LogP contribution in [0.15, 0.2) is 48.5 Å². The summed E-state index contributed by atoms with van der Waals surface area (Å²) in [7, 11) is 0. The molecule has 2 aromatic carbocycles. The van der Waals surface area contributed by atoms with Gasteiger partial charge < -0.3 is 9.64 Å². The lowest BCUT2D eigenvalue weighted by Crippen LogP contribution is -2.40. The van der Waals surface area contributed by atoms with Gasteiger partial charge in [-0.1, -0.05) is 29.8 Å². The van der Waals surface area contributed by atoms with Crippen LogP contribution in [-0.2, 0) is 6.42 Å². The van der Waals surface area contributed by atoms with Crippen LogP contribution in [0, 0.1) is 6.92 Å². The summed E-state index contributed by atoms with van der Waals surface area (Å²) < 4.78 is 5.90. The van der Waals surface area contributed by atoms with Gasteiger partial charge in [0.2, 0.25) is 0 Å². The molecule has 0 saturated carbocycles. The molecule has 0 radical (unpaired) electrons. The number of benzene rings is 2. The average molecular weight is 396 g/mol. The van der Waals surface area contributed by atoms with Gasteiger partial charge in [0.1, 0.15) is 11.9 Å². The van der Waals surface area contributed by atoms with Crippen LogP contribution in [0.2, 0.25) is 0 Å². The summed E-state index contributed by atoms with van der Waals surface area (Å²) in [5, 5.41) is 0. The van der Waals surface area contributed by atoms with Crippen LogP contribution in [-0.4, -0.2) is 40.5 Å². The molecule has 4 rings (SSSR count). The predicted molar refractivity (Wildman–Crippen MR) is 116 cm³/mol. The number of carbonyl (C=O) groups is 1. The van der Waals surface area contributed by atoms with Crippen LogP contribution >= 0.6 is 11.8 Å². The van der Waals surface area contributed by atoms with Crippen molar-refractivity contribution in [3.63, 3.8) is 0 Å². The van der Waals surface area contributed by atoms with E-state index in [9.17, 15) is 4.79 Å². The number of rotatable bonds is 6. The van der Waals surface area contributed by atoms with Crippen molar-refractivity contribution in [3.8, 4) is 5.75 Å². The van der Waals surface area contributed by atoms with Crippen LogP contribution in [0.5, 0.6) is 5.75 Å². The van der Waals surface area contributed by atoms with Gasteiger partial charge in [0.05, 0.1) is 0 Å². The number of ether oxygens (including phenoxy) is 1. The van der Waals surface area contributed by atoms with Crippen LogP contribution in [0.3, 0.4) is 0 Å². The molecular weight excluding hydrogens is 366 g/mol. The van der Waals surface area contributed by atoms with Gasteiger partial charge in [-0.15, -0.1) is 0 Å².